The number of hydrogen-bond donors (Lipinski definition) is 2. The normalized spacial score (nSPS) is 11.2. The van der Waals surface area contributed by atoms with Crippen molar-refractivity contribution in [2.45, 2.75) is 12.5 Å². The molecule has 5 heteroatoms. The molecule has 106 valence electrons. The van der Waals surface area contributed by atoms with Crippen molar-refractivity contribution in [2.75, 3.05) is 0 Å². The van der Waals surface area contributed by atoms with Crippen molar-refractivity contribution < 1.29 is 14.6 Å². The molecule has 0 saturated heterocycles. The molecule has 2 aromatic rings. The van der Waals surface area contributed by atoms with Gasteiger partial charge in [0.1, 0.15) is 11.5 Å². The van der Waals surface area contributed by atoms with Crippen LogP contribution < -0.4 is 10.5 Å². The van der Waals surface area contributed by atoms with Gasteiger partial charge in [-0.25, -0.2) is 0 Å². The van der Waals surface area contributed by atoms with Crippen LogP contribution in [0.2, 0.25) is 0 Å². The van der Waals surface area contributed by atoms with E-state index in [2.05, 4.69) is 0 Å². The molecular formula is C15H16ClNO3. The molecule has 0 amide bonds. The molecule has 3 N–H and O–H groups in total. The summed E-state index contributed by atoms with van der Waals surface area (Å²) < 4.78 is 5.67. The van der Waals surface area contributed by atoms with Gasteiger partial charge in [-0.15, -0.1) is 12.4 Å². The number of benzene rings is 2. The summed E-state index contributed by atoms with van der Waals surface area (Å²) in [5.74, 6) is 0.456. The first-order valence-electron chi connectivity index (χ1n) is 5.95. The molecule has 0 bridgehead atoms. The summed E-state index contributed by atoms with van der Waals surface area (Å²) >= 11 is 0. The van der Waals surface area contributed by atoms with Gasteiger partial charge in [-0.05, 0) is 29.8 Å². The van der Waals surface area contributed by atoms with Gasteiger partial charge in [-0.3, -0.25) is 4.79 Å². The van der Waals surface area contributed by atoms with Crippen LogP contribution >= 0.6 is 12.4 Å². The van der Waals surface area contributed by atoms with Gasteiger partial charge in [0.2, 0.25) is 0 Å². The van der Waals surface area contributed by atoms with Crippen LogP contribution in [0.5, 0.6) is 11.5 Å². The number of halogens is 1. The van der Waals surface area contributed by atoms with E-state index >= 15 is 0 Å². The highest BCUT2D eigenvalue weighted by Crippen LogP contribution is 2.24. The third kappa shape index (κ3) is 4.57. The molecule has 0 heterocycles. The SMILES string of the molecule is Cl.NC(CC(=O)O)c1cccc(Oc2ccccc2)c1. The van der Waals surface area contributed by atoms with Crippen LogP contribution in [0.4, 0.5) is 0 Å². The van der Waals surface area contributed by atoms with Gasteiger partial charge in [-0.2, -0.15) is 0 Å². The Labute approximate surface area is 123 Å². The first-order valence-corrected chi connectivity index (χ1v) is 5.95. The fourth-order valence-electron chi connectivity index (χ4n) is 1.74. The van der Waals surface area contributed by atoms with Crippen molar-refractivity contribution in [3.63, 3.8) is 0 Å². The molecule has 2 aromatic carbocycles. The summed E-state index contributed by atoms with van der Waals surface area (Å²) in [5, 5.41) is 8.74. The average Bonchev–Trinajstić information content (AvgIpc) is 2.39. The van der Waals surface area contributed by atoms with E-state index in [-0.39, 0.29) is 18.8 Å². The second-order valence-corrected chi connectivity index (χ2v) is 4.19. The highest BCUT2D eigenvalue weighted by Gasteiger charge is 2.11. The quantitative estimate of drug-likeness (QED) is 0.886. The molecule has 0 aliphatic heterocycles. The van der Waals surface area contributed by atoms with E-state index in [1.54, 1.807) is 18.2 Å². The van der Waals surface area contributed by atoms with Gasteiger partial charge < -0.3 is 15.6 Å². The molecule has 20 heavy (non-hydrogen) atoms. The Bertz CT molecular complexity index is 560. The number of aliphatic carboxylic acids is 1. The molecule has 0 spiro atoms. The molecule has 1 unspecified atom stereocenters. The third-order valence-electron chi connectivity index (χ3n) is 2.66. The Morgan fingerprint density at radius 1 is 1.10 bits per heavy atom. The Morgan fingerprint density at radius 3 is 2.40 bits per heavy atom. The van der Waals surface area contributed by atoms with Crippen LogP contribution in [0.3, 0.4) is 0 Å². The van der Waals surface area contributed by atoms with Gasteiger partial charge in [0, 0.05) is 6.04 Å². The fraction of sp³-hybridized carbons (Fsp3) is 0.133. The van der Waals surface area contributed by atoms with Gasteiger partial charge >= 0.3 is 5.97 Å². The second kappa shape index (κ2) is 7.53. The van der Waals surface area contributed by atoms with Gasteiger partial charge in [0.15, 0.2) is 0 Å². The standard InChI is InChI=1S/C15H15NO3.ClH/c16-14(10-15(17)18)11-5-4-8-13(9-11)19-12-6-2-1-3-7-12;/h1-9,14H,10,16H2,(H,17,18);1H. The molecule has 2 rings (SSSR count). The lowest BCUT2D eigenvalue weighted by Crippen LogP contribution is -2.14. The zero-order chi connectivity index (χ0) is 13.7. The zero-order valence-corrected chi connectivity index (χ0v) is 11.5. The topological polar surface area (TPSA) is 72.6 Å². The maximum atomic E-state index is 10.6. The smallest absolute Gasteiger partial charge is 0.305 e. The predicted octanol–water partition coefficient (Wildman–Crippen LogP) is 3.38. The van der Waals surface area contributed by atoms with Crippen molar-refractivity contribution in [3.05, 3.63) is 60.2 Å². The molecule has 0 aromatic heterocycles. The van der Waals surface area contributed by atoms with Crippen molar-refractivity contribution >= 4 is 18.4 Å². The van der Waals surface area contributed by atoms with Crippen molar-refractivity contribution in [2.24, 2.45) is 5.73 Å². The number of hydrogen-bond acceptors (Lipinski definition) is 3. The minimum Gasteiger partial charge on any atom is -0.481 e. The first kappa shape index (κ1) is 16.0. The van der Waals surface area contributed by atoms with E-state index in [9.17, 15) is 4.79 Å². The van der Waals surface area contributed by atoms with E-state index in [4.69, 9.17) is 15.6 Å². The molecule has 0 aliphatic rings. The lowest BCUT2D eigenvalue weighted by Gasteiger charge is -2.11. The van der Waals surface area contributed by atoms with Crippen LogP contribution in [-0.4, -0.2) is 11.1 Å². The largest absolute Gasteiger partial charge is 0.481 e. The molecule has 0 aliphatic carbocycles. The molecular weight excluding hydrogens is 278 g/mol. The van der Waals surface area contributed by atoms with E-state index in [1.165, 1.54) is 0 Å². The summed E-state index contributed by atoms with van der Waals surface area (Å²) in [7, 11) is 0. The van der Waals surface area contributed by atoms with E-state index in [0.717, 1.165) is 11.3 Å². The highest BCUT2D eigenvalue weighted by atomic mass is 35.5. The maximum Gasteiger partial charge on any atom is 0.305 e. The monoisotopic (exact) mass is 293 g/mol. The fourth-order valence-corrected chi connectivity index (χ4v) is 1.74. The maximum absolute atomic E-state index is 10.6. The lowest BCUT2D eigenvalue weighted by molar-refractivity contribution is -0.137. The van der Waals surface area contributed by atoms with Crippen LogP contribution in [-0.2, 0) is 4.79 Å². The Hall–Kier alpha value is -2.04. The van der Waals surface area contributed by atoms with Crippen LogP contribution in [0, 0.1) is 0 Å². The summed E-state index contributed by atoms with van der Waals surface area (Å²) in [6.07, 6.45) is -0.102. The minimum atomic E-state index is -0.915. The summed E-state index contributed by atoms with van der Waals surface area (Å²) in [6.45, 7) is 0. The number of para-hydroxylation sites is 1. The van der Waals surface area contributed by atoms with Gasteiger partial charge in [-0.1, -0.05) is 30.3 Å². The zero-order valence-electron chi connectivity index (χ0n) is 10.7. The van der Waals surface area contributed by atoms with Crippen LogP contribution in [0.1, 0.15) is 18.0 Å². The summed E-state index contributed by atoms with van der Waals surface area (Å²) in [5.41, 5.74) is 6.57. The predicted molar refractivity (Wildman–Crippen MR) is 79.4 cm³/mol. The molecule has 4 nitrogen and oxygen atoms in total. The minimum absolute atomic E-state index is 0. The number of nitrogens with two attached hydrogens (primary N) is 1. The number of carboxylic acids is 1. The lowest BCUT2D eigenvalue weighted by atomic mass is 10.0. The Kier molecular flexibility index (Phi) is 6.03. The van der Waals surface area contributed by atoms with Crippen LogP contribution in [0.15, 0.2) is 54.6 Å². The van der Waals surface area contributed by atoms with E-state index in [1.807, 2.05) is 36.4 Å². The van der Waals surface area contributed by atoms with E-state index < -0.39 is 12.0 Å². The van der Waals surface area contributed by atoms with Crippen molar-refractivity contribution in [3.8, 4) is 11.5 Å². The number of ether oxygens (including phenoxy) is 1. The molecule has 0 fully saturated rings. The number of rotatable bonds is 5. The third-order valence-corrected chi connectivity index (χ3v) is 2.66. The van der Waals surface area contributed by atoms with Gasteiger partial charge in [0.25, 0.3) is 0 Å². The number of carbonyl (C=O) groups is 1. The average molecular weight is 294 g/mol. The van der Waals surface area contributed by atoms with Crippen molar-refractivity contribution in [1.29, 1.82) is 0 Å². The van der Waals surface area contributed by atoms with E-state index in [0.29, 0.717) is 5.75 Å². The Morgan fingerprint density at radius 2 is 1.75 bits per heavy atom. The summed E-state index contributed by atoms with van der Waals surface area (Å²) in [4.78, 5) is 10.6. The molecule has 1 atom stereocenters. The first-order chi connectivity index (χ1) is 9.15. The summed E-state index contributed by atoms with van der Waals surface area (Å²) in [6, 6.07) is 16.0. The second-order valence-electron chi connectivity index (χ2n) is 4.19. The van der Waals surface area contributed by atoms with Crippen LogP contribution in [0.25, 0.3) is 0 Å². The Balaban J connectivity index is 0.00000200. The number of carboxylic acid groups (broad SMARTS) is 1. The van der Waals surface area contributed by atoms with Gasteiger partial charge in [0.05, 0.1) is 6.42 Å². The molecule has 0 saturated carbocycles. The molecule has 0 radical (unpaired) electrons. The highest BCUT2D eigenvalue weighted by molar-refractivity contribution is 5.85. The van der Waals surface area contributed by atoms with Crippen molar-refractivity contribution in [1.82, 2.24) is 0 Å².